The van der Waals surface area contributed by atoms with E-state index in [4.69, 9.17) is 16.4 Å². The number of hydrogen-bond acceptors (Lipinski definition) is 1. The molecule has 0 rings (SSSR count). The molecule has 0 atom stereocenters. The molecule has 0 aromatic carbocycles. The maximum absolute atomic E-state index is 6.65. The van der Waals surface area contributed by atoms with Crippen molar-refractivity contribution in [1.82, 2.24) is 0 Å². The first-order chi connectivity index (χ1) is 2.00. The van der Waals surface area contributed by atoms with Gasteiger partial charge in [0.1, 0.15) is 0 Å². The molecule has 0 spiro atoms. The molecule has 0 aromatic rings. The van der Waals surface area contributed by atoms with E-state index in [-0.39, 0.29) is 0 Å². The number of halogens is 3. The average molecular weight is 241 g/mol. The Morgan fingerprint density at radius 3 is 1.60 bits per heavy atom. The van der Waals surface area contributed by atoms with Gasteiger partial charge in [0.15, 0.2) is 3.81 Å². The molecule has 0 aliphatic heterocycles. The van der Waals surface area contributed by atoms with Gasteiger partial charge in [-0.05, 0) is 31.0 Å². The van der Waals surface area contributed by atoms with Crippen LogP contribution < -0.4 is 0 Å². The fraction of sp³-hybridized carbons (Fsp3) is 0. The molecule has 5 heteroatoms. The number of nitrogens with one attached hydrogen (secondary N) is 1. The van der Waals surface area contributed by atoms with Crippen LogP contribution in [0, 0.1) is 5.16 Å². The molecule has 0 amide bonds. The molecule has 1 N–H and O–H groups in total. The van der Waals surface area contributed by atoms with Crippen LogP contribution in [0.15, 0.2) is 0 Å². The first kappa shape index (κ1) is 6.48. The van der Waals surface area contributed by atoms with Gasteiger partial charge in [0.05, 0.1) is 0 Å². The minimum atomic E-state index is -2.04. The summed E-state index contributed by atoms with van der Waals surface area (Å²) in [5.41, 5.74) is 0. The summed E-state index contributed by atoms with van der Waals surface area (Å²) >= 11 is 10.8. The van der Waals surface area contributed by atoms with Crippen molar-refractivity contribution in [2.24, 2.45) is 0 Å². The third kappa shape index (κ3) is 30.3. The lowest BCUT2D eigenvalue weighted by atomic mass is 14.0. The summed E-state index contributed by atoms with van der Waals surface area (Å²) in [5.74, 6) is 0. The molecule has 0 saturated carbocycles. The zero-order valence-electron chi connectivity index (χ0n) is 2.08. The van der Waals surface area contributed by atoms with Crippen LogP contribution in [0.3, 0.4) is 0 Å². The highest BCUT2D eigenvalue weighted by molar-refractivity contribution is 9.73. The van der Waals surface area contributed by atoms with E-state index in [1.165, 1.54) is 0 Å². The summed E-state index contributed by atoms with van der Waals surface area (Å²) in [4.78, 5) is 0. The molecule has 0 radical (unpaired) electrons. The second-order valence-corrected chi connectivity index (χ2v) is 14.5. The predicted molar refractivity (Wildman–Crippen MR) is 33.3 cm³/mol. The molecule has 0 aromatic heterocycles. The van der Waals surface area contributed by atoms with E-state index in [0.29, 0.717) is 0 Å². The summed E-state index contributed by atoms with van der Waals surface area (Å²) < 4.78 is -2.04. The molecular weight excluding hydrogens is 240 g/mol. The molecule has 0 aliphatic rings. The third-order valence-corrected chi connectivity index (χ3v) is 0. The summed E-state index contributed by atoms with van der Waals surface area (Å²) in [7, 11) is 0. The smallest absolute Gasteiger partial charge is 0.174 e. The first-order valence-electron chi connectivity index (χ1n) is 0.731. The zero-order chi connectivity index (χ0) is 4.50. The van der Waals surface area contributed by atoms with Gasteiger partial charge in [-0.15, -0.1) is 0 Å². The normalized spacial score (nSPS) is 11.8. The quantitative estimate of drug-likeness (QED) is 0.627. The summed E-state index contributed by atoms with van der Waals surface area (Å²) in [5, 5.41) is 6.65. The van der Waals surface area contributed by atoms with Gasteiger partial charge in [0.25, 0.3) is 0 Å². The summed E-state index contributed by atoms with van der Waals surface area (Å²) in [6.07, 6.45) is 0. The summed E-state index contributed by atoms with van der Waals surface area (Å²) in [6, 6.07) is 0. The predicted octanol–water partition coefficient (Wildman–Crippen LogP) is 3.54. The Balaban J connectivity index is 3.47. The molecule has 0 bridgehead atoms. The SMILES string of the molecule is N=P(Cl)(Br)Br. The van der Waals surface area contributed by atoms with Crippen LogP contribution >= 0.6 is 46.0 Å². The van der Waals surface area contributed by atoms with Gasteiger partial charge in [-0.1, -0.05) is 11.2 Å². The minimum Gasteiger partial charge on any atom is -0.284 e. The largest absolute Gasteiger partial charge is 0.284 e. The minimum absolute atomic E-state index is 2.04. The monoisotopic (exact) mass is 239 g/mol. The van der Waals surface area contributed by atoms with Gasteiger partial charge in [-0.25, -0.2) is 0 Å². The molecule has 5 heavy (non-hydrogen) atoms. The molecular formula is HBr2ClNP. The van der Waals surface area contributed by atoms with Crippen LogP contribution in [-0.2, 0) is 0 Å². The third-order valence-electron chi connectivity index (χ3n) is 0. The van der Waals surface area contributed by atoms with Gasteiger partial charge in [-0.3, -0.25) is 5.16 Å². The van der Waals surface area contributed by atoms with Crippen LogP contribution in [0.2, 0.25) is 0 Å². The van der Waals surface area contributed by atoms with E-state index >= 15 is 0 Å². The molecule has 1 nitrogen and oxygen atoms in total. The van der Waals surface area contributed by atoms with E-state index in [0.717, 1.165) is 0 Å². The summed E-state index contributed by atoms with van der Waals surface area (Å²) in [6.45, 7) is 0. The van der Waals surface area contributed by atoms with Crippen molar-refractivity contribution in [3.8, 4) is 0 Å². The molecule has 0 saturated heterocycles. The number of hydrogen-bond donors (Lipinski definition) is 1. The Kier molecular flexibility index (Phi) is 2.55. The van der Waals surface area contributed by atoms with Crippen molar-refractivity contribution < 1.29 is 0 Å². The van der Waals surface area contributed by atoms with E-state index in [2.05, 4.69) is 31.0 Å². The van der Waals surface area contributed by atoms with Crippen molar-refractivity contribution in [3.63, 3.8) is 0 Å². The van der Waals surface area contributed by atoms with E-state index in [9.17, 15) is 0 Å². The molecule has 0 aliphatic carbocycles. The maximum Gasteiger partial charge on any atom is 0.174 e. The second kappa shape index (κ2) is 1.97. The van der Waals surface area contributed by atoms with Gasteiger partial charge in [-0.2, -0.15) is 0 Å². The Labute approximate surface area is 51.2 Å². The van der Waals surface area contributed by atoms with Crippen LogP contribution in [0.4, 0.5) is 0 Å². The highest BCUT2D eigenvalue weighted by Gasteiger charge is 1.93. The Morgan fingerprint density at radius 2 is 1.60 bits per heavy atom. The molecule has 0 heterocycles. The first-order valence-corrected chi connectivity index (χ1v) is 7.46. The second-order valence-electron chi connectivity index (χ2n) is 0.445. The van der Waals surface area contributed by atoms with E-state index in [1.54, 1.807) is 0 Å². The van der Waals surface area contributed by atoms with Gasteiger partial charge in [0, 0.05) is 0 Å². The van der Waals surface area contributed by atoms with Crippen molar-refractivity contribution in [2.75, 3.05) is 0 Å². The lowest BCUT2D eigenvalue weighted by Crippen LogP contribution is -1.12. The van der Waals surface area contributed by atoms with E-state index < -0.39 is 3.81 Å². The standard InChI is InChI=1S/Br2ClHNP/c1-5(2,3)4/h4H. The fourth-order valence-electron chi connectivity index (χ4n) is 0. The molecule has 0 fully saturated rings. The van der Waals surface area contributed by atoms with E-state index in [1.807, 2.05) is 0 Å². The zero-order valence-corrected chi connectivity index (χ0v) is 6.90. The average Bonchev–Trinajstić information content (AvgIpc) is 0.722. The van der Waals surface area contributed by atoms with Gasteiger partial charge in [0.2, 0.25) is 0 Å². The number of rotatable bonds is 0. The van der Waals surface area contributed by atoms with Gasteiger partial charge < -0.3 is 0 Å². The fourth-order valence-corrected chi connectivity index (χ4v) is 0. The maximum atomic E-state index is 6.65. The van der Waals surface area contributed by atoms with Gasteiger partial charge >= 0.3 is 0 Å². The van der Waals surface area contributed by atoms with Crippen molar-refractivity contribution in [1.29, 1.82) is 5.16 Å². The highest BCUT2D eigenvalue weighted by atomic mass is 79.9. The van der Waals surface area contributed by atoms with Crippen LogP contribution in [0.5, 0.6) is 0 Å². The highest BCUT2D eigenvalue weighted by Crippen LogP contribution is 2.66. The van der Waals surface area contributed by atoms with Crippen LogP contribution in [0.1, 0.15) is 0 Å². The Bertz CT molecular complexity index is 55.8. The van der Waals surface area contributed by atoms with Crippen LogP contribution in [-0.4, -0.2) is 0 Å². The topological polar surface area (TPSA) is 23.9 Å². The van der Waals surface area contributed by atoms with Crippen molar-refractivity contribution >= 4 is 46.0 Å². The Morgan fingerprint density at radius 1 is 1.60 bits per heavy atom. The van der Waals surface area contributed by atoms with Crippen molar-refractivity contribution in [2.45, 2.75) is 0 Å². The molecule has 0 unspecified atom stereocenters. The van der Waals surface area contributed by atoms with Crippen molar-refractivity contribution in [3.05, 3.63) is 0 Å². The lowest BCUT2D eigenvalue weighted by molar-refractivity contribution is 1.65. The Hall–Kier alpha value is 1.48. The molecule has 32 valence electrons. The lowest BCUT2D eigenvalue weighted by Gasteiger charge is -1.82. The van der Waals surface area contributed by atoms with Crippen LogP contribution in [0.25, 0.3) is 0 Å².